The molecule has 0 aliphatic heterocycles. The van der Waals surface area contributed by atoms with Gasteiger partial charge < -0.3 is 10.6 Å². The summed E-state index contributed by atoms with van der Waals surface area (Å²) in [5.74, 6) is -0.763. The van der Waals surface area contributed by atoms with E-state index in [2.05, 4.69) is 25.8 Å². The lowest BCUT2D eigenvalue weighted by Crippen LogP contribution is -2.31. The van der Waals surface area contributed by atoms with Crippen LogP contribution in [-0.2, 0) is 12.8 Å². The fourth-order valence-electron chi connectivity index (χ4n) is 2.37. The van der Waals surface area contributed by atoms with Gasteiger partial charge in [0.15, 0.2) is 5.82 Å². The Morgan fingerprint density at radius 1 is 1.04 bits per heavy atom. The number of benzene rings is 2. The number of carbonyl (C=O) groups is 1. The Labute approximate surface area is 152 Å². The van der Waals surface area contributed by atoms with E-state index >= 15 is 0 Å². The summed E-state index contributed by atoms with van der Waals surface area (Å²) in [5, 5.41) is 11.7. The van der Waals surface area contributed by atoms with Gasteiger partial charge in [0.1, 0.15) is 23.3 Å². The summed E-state index contributed by atoms with van der Waals surface area (Å²) in [6.45, 7) is 0.225. The van der Waals surface area contributed by atoms with E-state index in [1.807, 2.05) is 0 Å². The number of anilines is 1. The van der Waals surface area contributed by atoms with Crippen molar-refractivity contribution < 1.29 is 18.0 Å². The van der Waals surface area contributed by atoms with Gasteiger partial charge in [0.25, 0.3) is 0 Å². The summed E-state index contributed by atoms with van der Waals surface area (Å²) in [7, 11) is 0. The third kappa shape index (κ3) is 5.30. The second-order valence-electron chi connectivity index (χ2n) is 5.76. The summed E-state index contributed by atoms with van der Waals surface area (Å²) < 4.78 is 39.2. The standard InChI is InChI=1S/C18H16F3N5O/c19-12-3-1-11(2-4-12)9-17-24-16(25-26-17)7-8-22-18(27)23-15-6-5-13(20)10-14(15)21/h1-6,10H,7-9H2,(H2,22,23,27)(H,24,25,26). The molecule has 0 fully saturated rings. The van der Waals surface area contributed by atoms with Gasteiger partial charge >= 0.3 is 6.03 Å². The first-order chi connectivity index (χ1) is 13.0. The Morgan fingerprint density at radius 2 is 1.78 bits per heavy atom. The number of aromatic nitrogens is 3. The van der Waals surface area contributed by atoms with Crippen LogP contribution in [-0.4, -0.2) is 27.8 Å². The molecule has 6 nitrogen and oxygen atoms in total. The molecule has 0 aliphatic rings. The smallest absolute Gasteiger partial charge is 0.319 e. The average molecular weight is 375 g/mol. The molecule has 0 saturated carbocycles. The van der Waals surface area contributed by atoms with Gasteiger partial charge in [-0.25, -0.2) is 22.9 Å². The molecule has 0 unspecified atom stereocenters. The van der Waals surface area contributed by atoms with E-state index in [0.717, 1.165) is 17.7 Å². The quantitative estimate of drug-likeness (QED) is 0.619. The molecule has 2 amide bonds. The fraction of sp³-hybridized carbons (Fsp3) is 0.167. The van der Waals surface area contributed by atoms with Gasteiger partial charge in [-0.3, -0.25) is 5.10 Å². The Kier molecular flexibility index (Phi) is 5.70. The van der Waals surface area contributed by atoms with Crippen molar-refractivity contribution in [1.82, 2.24) is 20.5 Å². The number of rotatable bonds is 6. The fourth-order valence-corrected chi connectivity index (χ4v) is 2.37. The normalized spacial score (nSPS) is 10.6. The van der Waals surface area contributed by atoms with Crippen LogP contribution < -0.4 is 10.6 Å². The van der Waals surface area contributed by atoms with Gasteiger partial charge in [-0.05, 0) is 29.8 Å². The molecular weight excluding hydrogens is 359 g/mol. The predicted molar refractivity (Wildman–Crippen MR) is 92.7 cm³/mol. The highest BCUT2D eigenvalue weighted by atomic mass is 19.1. The van der Waals surface area contributed by atoms with E-state index in [1.165, 1.54) is 12.1 Å². The van der Waals surface area contributed by atoms with Crippen molar-refractivity contribution in [3.8, 4) is 0 Å². The molecule has 3 aromatic rings. The first-order valence-corrected chi connectivity index (χ1v) is 8.14. The maximum atomic E-state index is 13.5. The molecular formula is C18H16F3N5O. The van der Waals surface area contributed by atoms with Crippen LogP contribution in [0.25, 0.3) is 0 Å². The lowest BCUT2D eigenvalue weighted by Gasteiger charge is -2.07. The number of urea groups is 1. The van der Waals surface area contributed by atoms with Crippen molar-refractivity contribution >= 4 is 11.7 Å². The van der Waals surface area contributed by atoms with Crippen LogP contribution in [0.5, 0.6) is 0 Å². The van der Waals surface area contributed by atoms with Crippen molar-refractivity contribution in [3.05, 3.63) is 77.1 Å². The van der Waals surface area contributed by atoms with Gasteiger partial charge in [0.2, 0.25) is 0 Å². The van der Waals surface area contributed by atoms with Crippen LogP contribution in [0.1, 0.15) is 17.2 Å². The molecule has 9 heteroatoms. The number of hydrogen-bond donors (Lipinski definition) is 3. The third-order valence-electron chi connectivity index (χ3n) is 3.68. The molecule has 1 heterocycles. The van der Waals surface area contributed by atoms with Crippen molar-refractivity contribution in [2.75, 3.05) is 11.9 Å². The highest BCUT2D eigenvalue weighted by Crippen LogP contribution is 2.14. The largest absolute Gasteiger partial charge is 0.337 e. The van der Waals surface area contributed by atoms with Gasteiger partial charge in [0, 0.05) is 25.5 Å². The van der Waals surface area contributed by atoms with E-state index in [0.29, 0.717) is 30.6 Å². The molecule has 0 spiro atoms. The maximum Gasteiger partial charge on any atom is 0.319 e. The molecule has 2 aromatic carbocycles. The zero-order chi connectivity index (χ0) is 19.2. The Balaban J connectivity index is 1.45. The van der Waals surface area contributed by atoms with Crippen molar-refractivity contribution in [2.45, 2.75) is 12.8 Å². The molecule has 0 atom stereocenters. The number of nitrogens with zero attached hydrogens (tertiary/aromatic N) is 2. The molecule has 0 bridgehead atoms. The average Bonchev–Trinajstić information content (AvgIpc) is 3.07. The third-order valence-corrected chi connectivity index (χ3v) is 3.68. The van der Waals surface area contributed by atoms with Crippen LogP contribution in [0, 0.1) is 17.5 Å². The number of nitrogens with one attached hydrogen (secondary N) is 3. The van der Waals surface area contributed by atoms with E-state index < -0.39 is 17.7 Å². The molecule has 27 heavy (non-hydrogen) atoms. The zero-order valence-electron chi connectivity index (χ0n) is 14.1. The van der Waals surface area contributed by atoms with Crippen LogP contribution in [0.2, 0.25) is 0 Å². The number of amides is 2. The Bertz CT molecular complexity index is 927. The lowest BCUT2D eigenvalue weighted by atomic mass is 10.1. The number of hydrogen-bond acceptors (Lipinski definition) is 3. The van der Waals surface area contributed by atoms with Crippen molar-refractivity contribution in [1.29, 1.82) is 0 Å². The molecule has 0 radical (unpaired) electrons. The summed E-state index contributed by atoms with van der Waals surface area (Å²) >= 11 is 0. The SMILES string of the molecule is O=C(NCCc1n[nH]c(Cc2ccc(F)cc2)n1)Nc1ccc(F)cc1F. The molecule has 0 saturated heterocycles. The van der Waals surface area contributed by atoms with Crippen LogP contribution in [0.4, 0.5) is 23.7 Å². The Hall–Kier alpha value is -3.36. The highest BCUT2D eigenvalue weighted by molar-refractivity contribution is 5.89. The summed E-state index contributed by atoms with van der Waals surface area (Å²) in [5.41, 5.74) is 0.770. The molecule has 0 aliphatic carbocycles. The lowest BCUT2D eigenvalue weighted by molar-refractivity contribution is 0.252. The minimum absolute atomic E-state index is 0.117. The van der Waals surface area contributed by atoms with Crippen molar-refractivity contribution in [3.63, 3.8) is 0 Å². The zero-order valence-corrected chi connectivity index (χ0v) is 14.1. The van der Waals surface area contributed by atoms with Gasteiger partial charge in [-0.1, -0.05) is 12.1 Å². The van der Waals surface area contributed by atoms with Crippen LogP contribution in [0.3, 0.4) is 0 Å². The van der Waals surface area contributed by atoms with Crippen LogP contribution in [0.15, 0.2) is 42.5 Å². The number of halogens is 3. The minimum Gasteiger partial charge on any atom is -0.337 e. The minimum atomic E-state index is -0.857. The molecule has 1 aromatic heterocycles. The Morgan fingerprint density at radius 3 is 2.52 bits per heavy atom. The highest BCUT2D eigenvalue weighted by Gasteiger charge is 2.09. The molecule has 3 rings (SSSR count). The summed E-state index contributed by atoms with van der Waals surface area (Å²) in [4.78, 5) is 16.1. The summed E-state index contributed by atoms with van der Waals surface area (Å²) in [6.07, 6.45) is 0.838. The van der Waals surface area contributed by atoms with Gasteiger partial charge in [-0.2, -0.15) is 5.10 Å². The van der Waals surface area contributed by atoms with E-state index in [-0.39, 0.29) is 18.0 Å². The number of aromatic amines is 1. The topological polar surface area (TPSA) is 82.7 Å². The predicted octanol–water partition coefficient (Wildman–Crippen LogP) is 3.18. The first kappa shape index (κ1) is 18.4. The van der Waals surface area contributed by atoms with Crippen LogP contribution >= 0.6 is 0 Å². The first-order valence-electron chi connectivity index (χ1n) is 8.14. The van der Waals surface area contributed by atoms with Gasteiger partial charge in [0.05, 0.1) is 5.69 Å². The number of carbonyl (C=O) groups excluding carboxylic acids is 1. The summed E-state index contributed by atoms with van der Waals surface area (Å²) in [6, 6.07) is 8.33. The van der Waals surface area contributed by atoms with E-state index in [9.17, 15) is 18.0 Å². The monoisotopic (exact) mass is 375 g/mol. The molecule has 140 valence electrons. The second-order valence-corrected chi connectivity index (χ2v) is 5.76. The van der Waals surface area contributed by atoms with E-state index in [1.54, 1.807) is 12.1 Å². The molecule has 3 N–H and O–H groups in total. The van der Waals surface area contributed by atoms with E-state index in [4.69, 9.17) is 0 Å². The van der Waals surface area contributed by atoms with Crippen molar-refractivity contribution in [2.24, 2.45) is 0 Å². The van der Waals surface area contributed by atoms with Gasteiger partial charge in [-0.15, -0.1) is 0 Å². The number of H-pyrrole nitrogens is 1. The maximum absolute atomic E-state index is 13.5. The second kappa shape index (κ2) is 8.35.